The van der Waals surface area contributed by atoms with Gasteiger partial charge in [0.2, 0.25) is 0 Å². The molecule has 19 atom stereocenters. The van der Waals surface area contributed by atoms with Gasteiger partial charge in [-0.05, 0) is 75.0 Å². The van der Waals surface area contributed by atoms with E-state index >= 15 is 0 Å². The molecule has 1 aliphatic heterocycles. The maximum absolute atomic E-state index is 12.6. The van der Waals surface area contributed by atoms with Gasteiger partial charge in [0.15, 0.2) is 6.29 Å². The van der Waals surface area contributed by atoms with Gasteiger partial charge in [-0.3, -0.25) is 9.59 Å². The smallest absolute Gasteiger partial charge is 0.311 e. The molecule has 0 bridgehead atoms. The number of hydrogen-bond acceptors (Lipinski definition) is 16. The molecule has 0 aliphatic carbocycles. The van der Waals surface area contributed by atoms with Gasteiger partial charge in [0.25, 0.3) is 0 Å². The zero-order chi connectivity index (χ0) is 47.0. The SMILES string of the molecule is CCC(C)CC(C)CC(C)C(OC1OC(COC(C)=O)C(O)C(O)C1O)C(C)C=C(C)C(O)C(C)C=C(C)C(O)C(C)C=C(C)C(O)C(C)C(=O)OCC(O)C(O)C(O)CO. The molecule has 0 aromatic carbocycles. The predicted molar refractivity (Wildman–Crippen MR) is 227 cm³/mol. The lowest BCUT2D eigenvalue weighted by molar-refractivity contribution is -0.317. The zero-order valence-corrected chi connectivity index (χ0v) is 38.4. The van der Waals surface area contributed by atoms with Crippen molar-refractivity contribution in [2.45, 2.75) is 176 Å². The van der Waals surface area contributed by atoms with E-state index in [0.29, 0.717) is 28.6 Å². The summed E-state index contributed by atoms with van der Waals surface area (Å²) in [5.74, 6) is -3.11. The third kappa shape index (κ3) is 18.0. The van der Waals surface area contributed by atoms with Gasteiger partial charge < -0.3 is 70.0 Å². The summed E-state index contributed by atoms with van der Waals surface area (Å²) in [6, 6.07) is 0. The van der Waals surface area contributed by atoms with Gasteiger partial charge in [0.05, 0.1) is 36.9 Å². The normalized spacial score (nSPS) is 27.6. The average molecular weight is 877 g/mol. The molecule has 0 radical (unpaired) electrons. The molecule has 16 heteroatoms. The number of esters is 2. The van der Waals surface area contributed by atoms with Gasteiger partial charge in [-0.2, -0.15) is 0 Å². The predicted octanol–water partition coefficient (Wildman–Crippen LogP) is 1.93. The number of carbonyl (C=O) groups excluding carboxylic acids is 2. The minimum atomic E-state index is -1.74. The molecule has 1 aliphatic rings. The van der Waals surface area contributed by atoms with Crippen LogP contribution in [0.1, 0.15) is 102 Å². The summed E-state index contributed by atoms with van der Waals surface area (Å²) < 4.78 is 22.4. The quantitative estimate of drug-likeness (QED) is 0.0439. The van der Waals surface area contributed by atoms with Crippen LogP contribution < -0.4 is 0 Å². The van der Waals surface area contributed by atoms with Gasteiger partial charge in [-0.1, -0.05) is 73.1 Å². The monoisotopic (exact) mass is 877 g/mol. The van der Waals surface area contributed by atoms with E-state index in [-0.39, 0.29) is 18.4 Å². The first-order chi connectivity index (χ1) is 28.3. The molecule has 16 nitrogen and oxygen atoms in total. The van der Waals surface area contributed by atoms with Crippen LogP contribution in [-0.2, 0) is 28.5 Å². The van der Waals surface area contributed by atoms with Gasteiger partial charge in [0, 0.05) is 24.7 Å². The molecule has 1 heterocycles. The molecule has 0 saturated carbocycles. The third-order valence-corrected chi connectivity index (χ3v) is 12.0. The highest BCUT2D eigenvalue weighted by Crippen LogP contribution is 2.33. The number of carbonyl (C=O) groups is 2. The van der Waals surface area contributed by atoms with E-state index in [1.165, 1.54) is 13.8 Å². The molecule has 1 fully saturated rings. The average Bonchev–Trinajstić information content (AvgIpc) is 3.21. The highest BCUT2D eigenvalue weighted by Gasteiger charge is 2.46. The molecule has 0 aromatic heterocycles. The van der Waals surface area contributed by atoms with Crippen molar-refractivity contribution in [1.82, 2.24) is 0 Å². The Morgan fingerprint density at radius 1 is 0.656 bits per heavy atom. The van der Waals surface area contributed by atoms with Crippen molar-refractivity contribution in [3.05, 3.63) is 34.9 Å². The molecule has 0 aromatic rings. The summed E-state index contributed by atoms with van der Waals surface area (Å²) in [7, 11) is 0. The summed E-state index contributed by atoms with van der Waals surface area (Å²) in [4.78, 5) is 24.1. The van der Waals surface area contributed by atoms with Gasteiger partial charge in [-0.25, -0.2) is 0 Å². The van der Waals surface area contributed by atoms with Crippen LogP contribution in [0.15, 0.2) is 34.9 Å². The van der Waals surface area contributed by atoms with Crippen molar-refractivity contribution in [3.63, 3.8) is 0 Å². The molecule has 1 saturated heterocycles. The van der Waals surface area contributed by atoms with Crippen LogP contribution in [0.25, 0.3) is 0 Å². The van der Waals surface area contributed by atoms with Crippen molar-refractivity contribution in [1.29, 1.82) is 0 Å². The topological polar surface area (TPSA) is 273 Å². The van der Waals surface area contributed by atoms with Crippen LogP contribution in [0.2, 0.25) is 0 Å². The first-order valence-corrected chi connectivity index (χ1v) is 21.7. The van der Waals surface area contributed by atoms with Crippen molar-refractivity contribution < 1.29 is 79.6 Å². The first kappa shape index (κ1) is 56.7. The number of aliphatic hydroxyl groups excluding tert-OH is 10. The molecule has 19 unspecified atom stereocenters. The Hall–Kier alpha value is -2.32. The van der Waals surface area contributed by atoms with E-state index in [4.69, 9.17) is 24.1 Å². The van der Waals surface area contributed by atoms with Crippen molar-refractivity contribution in [2.75, 3.05) is 19.8 Å². The maximum atomic E-state index is 12.6. The van der Waals surface area contributed by atoms with E-state index in [0.717, 1.165) is 19.3 Å². The van der Waals surface area contributed by atoms with Crippen LogP contribution in [-0.4, -0.2) is 156 Å². The summed E-state index contributed by atoms with van der Waals surface area (Å²) in [6.07, 6.45) is -8.05. The highest BCUT2D eigenvalue weighted by molar-refractivity contribution is 5.73. The first-order valence-electron chi connectivity index (χ1n) is 21.7. The Kier molecular flexibility index (Phi) is 25.2. The van der Waals surface area contributed by atoms with Gasteiger partial charge in [-0.15, -0.1) is 0 Å². The second-order valence-electron chi connectivity index (χ2n) is 17.9. The van der Waals surface area contributed by atoms with Crippen LogP contribution in [0, 0.1) is 41.4 Å². The lowest BCUT2D eigenvalue weighted by atomic mass is 9.82. The minimum Gasteiger partial charge on any atom is -0.463 e. The fraction of sp³-hybridized carbons (Fsp3) is 0.822. The second kappa shape index (κ2) is 27.1. The van der Waals surface area contributed by atoms with Crippen LogP contribution >= 0.6 is 0 Å². The highest BCUT2D eigenvalue weighted by atomic mass is 16.7. The fourth-order valence-corrected chi connectivity index (χ4v) is 7.95. The molecule has 10 N–H and O–H groups in total. The Balaban J connectivity index is 3.19. The van der Waals surface area contributed by atoms with E-state index in [2.05, 4.69) is 20.8 Å². The van der Waals surface area contributed by atoms with E-state index in [1.807, 2.05) is 26.8 Å². The molecule has 1 rings (SSSR count). The molecule has 0 spiro atoms. The zero-order valence-electron chi connectivity index (χ0n) is 38.4. The Labute approximate surface area is 362 Å². The van der Waals surface area contributed by atoms with E-state index < -0.39 is 116 Å². The minimum absolute atomic E-state index is 0.0823. The van der Waals surface area contributed by atoms with E-state index in [9.17, 15) is 55.5 Å². The molecule has 0 amide bonds. The largest absolute Gasteiger partial charge is 0.463 e. The molecule has 356 valence electrons. The van der Waals surface area contributed by atoms with E-state index in [1.54, 1.807) is 39.8 Å². The Morgan fingerprint density at radius 3 is 1.66 bits per heavy atom. The van der Waals surface area contributed by atoms with Crippen LogP contribution in [0.4, 0.5) is 0 Å². The number of rotatable bonds is 26. The van der Waals surface area contributed by atoms with Gasteiger partial charge in [0.1, 0.15) is 55.9 Å². The summed E-state index contributed by atoms with van der Waals surface area (Å²) >= 11 is 0. The van der Waals surface area contributed by atoms with Crippen molar-refractivity contribution in [2.24, 2.45) is 41.4 Å². The second-order valence-corrected chi connectivity index (χ2v) is 17.9. The van der Waals surface area contributed by atoms with Crippen LogP contribution in [0.5, 0.6) is 0 Å². The van der Waals surface area contributed by atoms with Crippen LogP contribution in [0.3, 0.4) is 0 Å². The fourth-order valence-electron chi connectivity index (χ4n) is 7.95. The standard InChI is InChI=1S/C45H80O16/c1-13-22(2)14-23(3)15-29(9)43(61-45-42(56)41(55)40(54)35(60-45)21-58-32(12)47)30(10)18-27(7)37(51)25(5)16-24(4)36(50)26(6)17-28(8)38(52)31(11)44(57)59-20-34(49)39(53)33(48)19-46/h16-18,22-23,25-26,29-31,33-43,45-46,48-56H,13-15,19-21H2,1-12H3. The lowest BCUT2D eigenvalue weighted by Gasteiger charge is -2.43. The summed E-state index contributed by atoms with van der Waals surface area (Å²) in [5, 5.41) is 104. The maximum Gasteiger partial charge on any atom is 0.311 e. The van der Waals surface area contributed by atoms with Crippen molar-refractivity contribution >= 4 is 11.9 Å². The number of hydrogen-bond donors (Lipinski definition) is 10. The third-order valence-electron chi connectivity index (χ3n) is 12.0. The lowest BCUT2D eigenvalue weighted by Crippen LogP contribution is -2.60. The Bertz CT molecular complexity index is 1400. The summed E-state index contributed by atoms with van der Waals surface area (Å²) in [5.41, 5.74) is 1.55. The summed E-state index contributed by atoms with van der Waals surface area (Å²) in [6.45, 7) is 19.9. The molecular weight excluding hydrogens is 796 g/mol. The number of ether oxygens (including phenoxy) is 4. The molecular formula is C45H80O16. The number of aliphatic hydroxyl groups is 10. The van der Waals surface area contributed by atoms with Gasteiger partial charge >= 0.3 is 11.9 Å². The Morgan fingerprint density at radius 2 is 1.16 bits per heavy atom. The molecule has 61 heavy (non-hydrogen) atoms. The van der Waals surface area contributed by atoms with Crippen molar-refractivity contribution in [3.8, 4) is 0 Å².